The highest BCUT2D eigenvalue weighted by molar-refractivity contribution is 5.27. The maximum atomic E-state index is 13.1. The van der Waals surface area contributed by atoms with Crippen molar-refractivity contribution in [3.05, 3.63) is 34.9 Å². The SMILES string of the molecule is CC.Cc1cc(F)cc(C(C)O)c1F. The van der Waals surface area contributed by atoms with Crippen molar-refractivity contribution >= 4 is 0 Å². The lowest BCUT2D eigenvalue weighted by atomic mass is 10.1. The van der Waals surface area contributed by atoms with Gasteiger partial charge in [-0.05, 0) is 31.5 Å². The van der Waals surface area contributed by atoms with E-state index in [9.17, 15) is 8.78 Å². The van der Waals surface area contributed by atoms with Crippen molar-refractivity contribution < 1.29 is 13.9 Å². The summed E-state index contributed by atoms with van der Waals surface area (Å²) in [6.07, 6.45) is -0.973. The van der Waals surface area contributed by atoms with Gasteiger partial charge in [-0.1, -0.05) is 13.8 Å². The molecule has 0 aliphatic carbocycles. The first-order chi connectivity index (χ1) is 6.52. The van der Waals surface area contributed by atoms with Crippen LogP contribution in [0.15, 0.2) is 12.1 Å². The molecule has 1 atom stereocenters. The molecular weight excluding hydrogens is 186 g/mol. The minimum atomic E-state index is -0.973. The fourth-order valence-electron chi connectivity index (χ4n) is 1.06. The number of halogens is 2. The summed E-state index contributed by atoms with van der Waals surface area (Å²) < 4.78 is 25.8. The largest absolute Gasteiger partial charge is 0.389 e. The molecule has 80 valence electrons. The summed E-state index contributed by atoms with van der Waals surface area (Å²) in [6.45, 7) is 6.86. The molecule has 3 heteroatoms. The van der Waals surface area contributed by atoms with E-state index in [2.05, 4.69) is 0 Å². The molecule has 0 spiro atoms. The van der Waals surface area contributed by atoms with Crippen LogP contribution < -0.4 is 0 Å². The maximum absolute atomic E-state index is 13.1. The third-order valence-electron chi connectivity index (χ3n) is 1.70. The first kappa shape index (κ1) is 13.0. The Labute approximate surface area is 83.4 Å². The summed E-state index contributed by atoms with van der Waals surface area (Å²) in [5.41, 5.74) is 0.221. The number of aliphatic hydroxyl groups excluding tert-OH is 1. The van der Waals surface area contributed by atoms with Crippen molar-refractivity contribution in [1.82, 2.24) is 0 Å². The molecule has 0 saturated carbocycles. The topological polar surface area (TPSA) is 20.2 Å². The zero-order chi connectivity index (χ0) is 11.3. The van der Waals surface area contributed by atoms with Gasteiger partial charge in [-0.15, -0.1) is 0 Å². The molecule has 0 heterocycles. The van der Waals surface area contributed by atoms with Crippen LogP contribution in [-0.2, 0) is 0 Å². The lowest BCUT2D eigenvalue weighted by molar-refractivity contribution is 0.193. The van der Waals surface area contributed by atoms with E-state index in [0.29, 0.717) is 0 Å². The Bertz CT molecular complexity index is 296. The maximum Gasteiger partial charge on any atom is 0.132 e. The number of benzene rings is 1. The summed E-state index contributed by atoms with van der Waals surface area (Å²) >= 11 is 0. The van der Waals surface area contributed by atoms with Gasteiger partial charge in [-0.25, -0.2) is 8.78 Å². The van der Waals surface area contributed by atoms with Crippen molar-refractivity contribution in [2.45, 2.75) is 33.8 Å². The first-order valence-electron chi connectivity index (χ1n) is 4.66. The molecule has 0 bridgehead atoms. The van der Waals surface area contributed by atoms with E-state index in [1.807, 2.05) is 13.8 Å². The molecular formula is C11H16F2O. The van der Waals surface area contributed by atoms with E-state index in [4.69, 9.17) is 5.11 Å². The van der Waals surface area contributed by atoms with Gasteiger partial charge in [0.05, 0.1) is 6.10 Å². The molecule has 1 unspecified atom stereocenters. The van der Waals surface area contributed by atoms with Gasteiger partial charge in [0.15, 0.2) is 0 Å². The minimum Gasteiger partial charge on any atom is -0.389 e. The van der Waals surface area contributed by atoms with Gasteiger partial charge in [0.2, 0.25) is 0 Å². The standard InChI is InChI=1S/C9H10F2O.C2H6/c1-5-3-7(10)4-8(6(2)12)9(5)11;1-2/h3-4,6,12H,1-2H3;1-2H3. The Kier molecular flexibility index (Phi) is 5.31. The van der Waals surface area contributed by atoms with E-state index in [0.717, 1.165) is 12.1 Å². The van der Waals surface area contributed by atoms with Gasteiger partial charge in [-0.2, -0.15) is 0 Å². The van der Waals surface area contributed by atoms with Crippen LogP contribution >= 0.6 is 0 Å². The number of aliphatic hydroxyl groups is 1. The number of hydrogen-bond acceptors (Lipinski definition) is 1. The average Bonchev–Trinajstić information content (AvgIpc) is 2.14. The third kappa shape index (κ3) is 3.07. The molecule has 1 N–H and O–H groups in total. The predicted molar refractivity (Wildman–Crippen MR) is 53.1 cm³/mol. The van der Waals surface area contributed by atoms with Gasteiger partial charge in [0, 0.05) is 5.56 Å². The summed E-state index contributed by atoms with van der Waals surface area (Å²) in [7, 11) is 0. The first-order valence-corrected chi connectivity index (χ1v) is 4.66. The Morgan fingerprint density at radius 3 is 2.14 bits per heavy atom. The third-order valence-corrected chi connectivity index (χ3v) is 1.70. The summed E-state index contributed by atoms with van der Waals surface area (Å²) in [6, 6.07) is 2.11. The highest BCUT2D eigenvalue weighted by Gasteiger charge is 2.11. The molecule has 0 saturated heterocycles. The second kappa shape index (κ2) is 5.70. The second-order valence-corrected chi connectivity index (χ2v) is 2.80. The van der Waals surface area contributed by atoms with Crippen LogP contribution in [-0.4, -0.2) is 5.11 Å². The van der Waals surface area contributed by atoms with E-state index >= 15 is 0 Å². The zero-order valence-electron chi connectivity index (χ0n) is 8.94. The Hall–Kier alpha value is -0.960. The monoisotopic (exact) mass is 202 g/mol. The van der Waals surface area contributed by atoms with Crippen LogP contribution in [0.2, 0.25) is 0 Å². The Morgan fingerprint density at radius 1 is 1.21 bits per heavy atom. The van der Waals surface area contributed by atoms with Crippen LogP contribution in [0.5, 0.6) is 0 Å². The second-order valence-electron chi connectivity index (χ2n) is 2.80. The van der Waals surface area contributed by atoms with Crippen molar-refractivity contribution in [3.8, 4) is 0 Å². The Morgan fingerprint density at radius 2 is 1.71 bits per heavy atom. The van der Waals surface area contributed by atoms with Crippen LogP contribution in [0.1, 0.15) is 38.0 Å². The van der Waals surface area contributed by atoms with E-state index in [1.54, 1.807) is 0 Å². The quantitative estimate of drug-likeness (QED) is 0.740. The molecule has 0 fully saturated rings. The normalized spacial score (nSPS) is 11.6. The van der Waals surface area contributed by atoms with Crippen molar-refractivity contribution in [2.24, 2.45) is 0 Å². The van der Waals surface area contributed by atoms with Crippen LogP contribution in [0.4, 0.5) is 8.78 Å². The summed E-state index contributed by atoms with van der Waals surface area (Å²) in [4.78, 5) is 0. The minimum absolute atomic E-state index is 0.00694. The van der Waals surface area contributed by atoms with E-state index in [-0.39, 0.29) is 11.1 Å². The smallest absolute Gasteiger partial charge is 0.132 e. The number of rotatable bonds is 1. The van der Waals surface area contributed by atoms with Gasteiger partial charge in [0.1, 0.15) is 11.6 Å². The van der Waals surface area contributed by atoms with Crippen LogP contribution in [0.3, 0.4) is 0 Å². The molecule has 0 radical (unpaired) electrons. The van der Waals surface area contributed by atoms with Crippen LogP contribution in [0, 0.1) is 18.6 Å². The fraction of sp³-hybridized carbons (Fsp3) is 0.455. The highest BCUT2D eigenvalue weighted by atomic mass is 19.1. The van der Waals surface area contributed by atoms with Gasteiger partial charge in [-0.3, -0.25) is 0 Å². The molecule has 14 heavy (non-hydrogen) atoms. The molecule has 1 rings (SSSR count). The summed E-state index contributed by atoms with van der Waals surface area (Å²) in [5, 5.41) is 9.05. The summed E-state index contributed by atoms with van der Waals surface area (Å²) in [5.74, 6) is -1.06. The van der Waals surface area contributed by atoms with Gasteiger partial charge >= 0.3 is 0 Å². The average molecular weight is 202 g/mol. The van der Waals surface area contributed by atoms with Crippen molar-refractivity contribution in [1.29, 1.82) is 0 Å². The molecule has 0 amide bonds. The van der Waals surface area contributed by atoms with E-state index < -0.39 is 17.7 Å². The Balaban J connectivity index is 0.000000791. The molecule has 1 aromatic carbocycles. The van der Waals surface area contributed by atoms with Gasteiger partial charge < -0.3 is 5.11 Å². The molecule has 0 aliphatic heterocycles. The predicted octanol–water partition coefficient (Wildman–Crippen LogP) is 3.35. The zero-order valence-corrected chi connectivity index (χ0v) is 8.94. The lowest BCUT2D eigenvalue weighted by Crippen LogP contribution is -1.99. The lowest BCUT2D eigenvalue weighted by Gasteiger charge is -2.07. The van der Waals surface area contributed by atoms with Gasteiger partial charge in [0.25, 0.3) is 0 Å². The molecule has 0 aliphatic rings. The van der Waals surface area contributed by atoms with Crippen molar-refractivity contribution in [3.63, 3.8) is 0 Å². The number of aryl methyl sites for hydroxylation is 1. The fourth-order valence-corrected chi connectivity index (χ4v) is 1.06. The van der Waals surface area contributed by atoms with E-state index in [1.165, 1.54) is 13.8 Å². The molecule has 0 aromatic heterocycles. The van der Waals surface area contributed by atoms with Crippen LogP contribution in [0.25, 0.3) is 0 Å². The van der Waals surface area contributed by atoms with Crippen molar-refractivity contribution in [2.75, 3.05) is 0 Å². The molecule has 1 aromatic rings. The number of hydrogen-bond donors (Lipinski definition) is 1. The highest BCUT2D eigenvalue weighted by Crippen LogP contribution is 2.20. The molecule has 1 nitrogen and oxygen atoms in total.